The van der Waals surface area contributed by atoms with Crippen molar-refractivity contribution in [3.05, 3.63) is 77.0 Å². The quantitative estimate of drug-likeness (QED) is 0.619. The van der Waals surface area contributed by atoms with Gasteiger partial charge in [-0.1, -0.05) is 18.2 Å². The highest BCUT2D eigenvalue weighted by Gasteiger charge is 2.21. The predicted molar refractivity (Wildman–Crippen MR) is 103 cm³/mol. The molecule has 0 radical (unpaired) electrons. The number of allylic oxidation sites excluding steroid dienone is 1. The van der Waals surface area contributed by atoms with Crippen LogP contribution in [0.2, 0.25) is 5.02 Å². The van der Waals surface area contributed by atoms with E-state index in [4.69, 9.17) is 16.3 Å². The highest BCUT2D eigenvalue weighted by molar-refractivity contribution is 6.30. The predicted octanol–water partition coefficient (Wildman–Crippen LogP) is 4.60. The average molecular weight is 368 g/mol. The molecule has 0 spiro atoms. The highest BCUT2D eigenvalue weighted by atomic mass is 35.5. The van der Waals surface area contributed by atoms with E-state index in [0.717, 1.165) is 22.2 Å². The van der Waals surface area contributed by atoms with Crippen molar-refractivity contribution < 1.29 is 14.3 Å². The third-order valence-corrected chi connectivity index (χ3v) is 4.67. The normalized spacial score (nSPS) is 10.7. The van der Waals surface area contributed by atoms with Crippen molar-refractivity contribution in [3.63, 3.8) is 0 Å². The van der Waals surface area contributed by atoms with E-state index in [2.05, 4.69) is 6.58 Å². The SMILES string of the molecule is C=CC(=O)Cc1c(C)n(C(=O)c2ccc(Cl)cc2)c2ccc(OC)cc12. The van der Waals surface area contributed by atoms with Crippen LogP contribution in [-0.2, 0) is 11.2 Å². The minimum Gasteiger partial charge on any atom is -0.497 e. The molecule has 1 aromatic heterocycles. The lowest BCUT2D eigenvalue weighted by atomic mass is 10.0. The first kappa shape index (κ1) is 18.0. The number of ether oxygens (including phenoxy) is 1. The number of benzene rings is 2. The Morgan fingerprint density at radius 2 is 1.88 bits per heavy atom. The van der Waals surface area contributed by atoms with Gasteiger partial charge >= 0.3 is 0 Å². The van der Waals surface area contributed by atoms with Gasteiger partial charge in [0, 0.05) is 28.1 Å². The van der Waals surface area contributed by atoms with Gasteiger partial charge in [-0.05, 0) is 61.0 Å². The molecule has 132 valence electrons. The summed E-state index contributed by atoms with van der Waals surface area (Å²) in [6.45, 7) is 5.38. The Kier molecular flexibility index (Phi) is 4.96. The van der Waals surface area contributed by atoms with Gasteiger partial charge in [0.1, 0.15) is 5.75 Å². The van der Waals surface area contributed by atoms with Crippen LogP contribution in [0.1, 0.15) is 21.6 Å². The molecule has 0 fully saturated rings. The highest BCUT2D eigenvalue weighted by Crippen LogP contribution is 2.31. The lowest BCUT2D eigenvalue weighted by Gasteiger charge is -2.08. The van der Waals surface area contributed by atoms with E-state index in [-0.39, 0.29) is 18.1 Å². The molecule has 0 bridgehead atoms. The molecule has 0 atom stereocenters. The zero-order valence-electron chi connectivity index (χ0n) is 14.6. The van der Waals surface area contributed by atoms with Gasteiger partial charge in [-0.3, -0.25) is 14.2 Å². The van der Waals surface area contributed by atoms with Crippen LogP contribution in [0.4, 0.5) is 0 Å². The number of nitrogens with zero attached hydrogens (tertiary/aromatic N) is 1. The summed E-state index contributed by atoms with van der Waals surface area (Å²) in [5.41, 5.74) is 2.77. The van der Waals surface area contributed by atoms with Crippen molar-refractivity contribution in [2.75, 3.05) is 7.11 Å². The van der Waals surface area contributed by atoms with Gasteiger partial charge in [0.2, 0.25) is 0 Å². The fourth-order valence-corrected chi connectivity index (χ4v) is 3.17. The summed E-state index contributed by atoms with van der Waals surface area (Å²) >= 11 is 5.92. The van der Waals surface area contributed by atoms with Crippen molar-refractivity contribution in [3.8, 4) is 5.75 Å². The molecule has 2 aromatic carbocycles. The Balaban J connectivity index is 2.22. The van der Waals surface area contributed by atoms with Crippen molar-refractivity contribution in [1.29, 1.82) is 0 Å². The molecule has 0 saturated carbocycles. The van der Waals surface area contributed by atoms with E-state index in [1.54, 1.807) is 42.0 Å². The molecule has 0 aliphatic heterocycles. The van der Waals surface area contributed by atoms with Gasteiger partial charge in [0.15, 0.2) is 5.78 Å². The van der Waals surface area contributed by atoms with Gasteiger partial charge in [-0.2, -0.15) is 0 Å². The third kappa shape index (κ3) is 3.16. The van der Waals surface area contributed by atoms with E-state index >= 15 is 0 Å². The largest absolute Gasteiger partial charge is 0.497 e. The Bertz CT molecular complexity index is 1020. The van der Waals surface area contributed by atoms with Crippen LogP contribution in [0.15, 0.2) is 55.1 Å². The number of carbonyl (C=O) groups is 2. The number of hydrogen-bond acceptors (Lipinski definition) is 3. The molecule has 4 nitrogen and oxygen atoms in total. The van der Waals surface area contributed by atoms with Crippen molar-refractivity contribution in [2.24, 2.45) is 0 Å². The summed E-state index contributed by atoms with van der Waals surface area (Å²) in [5.74, 6) is 0.390. The molecule has 0 N–H and O–H groups in total. The molecule has 5 heteroatoms. The maximum absolute atomic E-state index is 13.1. The second-order valence-electron chi connectivity index (χ2n) is 5.94. The zero-order valence-corrected chi connectivity index (χ0v) is 15.3. The van der Waals surface area contributed by atoms with Crippen LogP contribution < -0.4 is 4.74 Å². The van der Waals surface area contributed by atoms with Crippen LogP contribution in [-0.4, -0.2) is 23.4 Å². The molecule has 1 heterocycles. The Labute approximate surface area is 156 Å². The Hall–Kier alpha value is -2.85. The number of hydrogen-bond donors (Lipinski definition) is 0. The number of ketones is 1. The standard InChI is InChI=1S/C21H18ClNO3/c1-4-16(24)11-18-13(2)23(20-10-9-17(26-3)12-19(18)20)21(25)14-5-7-15(22)8-6-14/h4-10,12H,1,11H2,2-3H3. The number of aromatic nitrogens is 1. The van der Waals surface area contributed by atoms with Crippen LogP contribution in [0.3, 0.4) is 0 Å². The van der Waals surface area contributed by atoms with E-state index in [1.165, 1.54) is 6.08 Å². The minimum absolute atomic E-state index is 0.103. The molecule has 26 heavy (non-hydrogen) atoms. The Morgan fingerprint density at radius 3 is 2.50 bits per heavy atom. The Morgan fingerprint density at radius 1 is 1.19 bits per heavy atom. The van der Waals surface area contributed by atoms with Gasteiger partial charge in [0.05, 0.1) is 12.6 Å². The monoisotopic (exact) mass is 367 g/mol. The topological polar surface area (TPSA) is 48.3 Å². The van der Waals surface area contributed by atoms with Crippen molar-refractivity contribution in [1.82, 2.24) is 4.57 Å². The molecule has 0 aliphatic carbocycles. The molecule has 0 aliphatic rings. The van der Waals surface area contributed by atoms with Crippen molar-refractivity contribution >= 4 is 34.2 Å². The van der Waals surface area contributed by atoms with Crippen LogP contribution >= 0.6 is 11.6 Å². The maximum atomic E-state index is 13.1. The fraction of sp³-hybridized carbons (Fsp3) is 0.143. The van der Waals surface area contributed by atoms with E-state index in [0.29, 0.717) is 16.3 Å². The average Bonchev–Trinajstić information content (AvgIpc) is 2.92. The first-order valence-corrected chi connectivity index (χ1v) is 8.47. The summed E-state index contributed by atoms with van der Waals surface area (Å²) in [6.07, 6.45) is 1.48. The molecular formula is C21H18ClNO3. The first-order valence-electron chi connectivity index (χ1n) is 8.09. The van der Waals surface area contributed by atoms with E-state index < -0.39 is 0 Å². The molecule has 0 unspecified atom stereocenters. The van der Waals surface area contributed by atoms with Gasteiger partial charge < -0.3 is 4.74 Å². The summed E-state index contributed by atoms with van der Waals surface area (Å²) in [7, 11) is 1.58. The van der Waals surface area contributed by atoms with Gasteiger partial charge in [-0.15, -0.1) is 0 Å². The van der Waals surface area contributed by atoms with Crippen molar-refractivity contribution in [2.45, 2.75) is 13.3 Å². The summed E-state index contributed by atoms with van der Waals surface area (Å²) in [6, 6.07) is 12.2. The van der Waals surface area contributed by atoms with Crippen LogP contribution in [0.25, 0.3) is 10.9 Å². The lowest BCUT2D eigenvalue weighted by molar-refractivity contribution is -0.114. The number of carbonyl (C=O) groups excluding carboxylic acids is 2. The maximum Gasteiger partial charge on any atom is 0.262 e. The molecular weight excluding hydrogens is 350 g/mol. The van der Waals surface area contributed by atoms with E-state index in [9.17, 15) is 9.59 Å². The smallest absolute Gasteiger partial charge is 0.262 e. The molecule has 3 rings (SSSR count). The summed E-state index contributed by atoms with van der Waals surface area (Å²) in [4.78, 5) is 25.1. The second-order valence-corrected chi connectivity index (χ2v) is 6.38. The van der Waals surface area contributed by atoms with Crippen LogP contribution in [0.5, 0.6) is 5.75 Å². The number of halogens is 1. The van der Waals surface area contributed by atoms with Crippen LogP contribution in [0, 0.1) is 6.92 Å². The second kappa shape index (κ2) is 7.18. The van der Waals surface area contributed by atoms with E-state index in [1.807, 2.05) is 19.1 Å². The summed E-state index contributed by atoms with van der Waals surface area (Å²) < 4.78 is 6.93. The first-order chi connectivity index (χ1) is 12.5. The zero-order chi connectivity index (χ0) is 18.8. The molecule has 3 aromatic rings. The number of methoxy groups -OCH3 is 1. The number of rotatable bonds is 5. The summed E-state index contributed by atoms with van der Waals surface area (Å²) in [5, 5.41) is 1.39. The number of fused-ring (bicyclic) bond motifs is 1. The third-order valence-electron chi connectivity index (χ3n) is 4.41. The van der Waals surface area contributed by atoms with Gasteiger partial charge in [-0.25, -0.2) is 0 Å². The van der Waals surface area contributed by atoms with Gasteiger partial charge in [0.25, 0.3) is 5.91 Å². The molecule has 0 amide bonds. The fourth-order valence-electron chi connectivity index (χ4n) is 3.04. The molecule has 0 saturated heterocycles. The minimum atomic E-state index is -0.174. The lowest BCUT2D eigenvalue weighted by Crippen LogP contribution is -2.14.